The largest absolute Gasteiger partial charge is 0.465 e. The molecular weight excluding hydrogens is 268 g/mol. The van der Waals surface area contributed by atoms with E-state index in [9.17, 15) is 9.59 Å². The van der Waals surface area contributed by atoms with Crippen LogP contribution in [0, 0.1) is 29.1 Å². The van der Waals surface area contributed by atoms with Gasteiger partial charge in [0.2, 0.25) is 0 Å². The maximum atomic E-state index is 12.9. The fourth-order valence-electron chi connectivity index (χ4n) is 5.04. The predicted molar refractivity (Wildman–Crippen MR) is 77.6 cm³/mol. The van der Waals surface area contributed by atoms with Gasteiger partial charge in [0, 0.05) is 5.92 Å². The number of rotatable bonds is 2. The molecule has 1 heterocycles. The number of hydrogen-bond donors (Lipinski definition) is 0. The van der Waals surface area contributed by atoms with Crippen molar-refractivity contribution in [3.05, 3.63) is 0 Å². The van der Waals surface area contributed by atoms with E-state index in [-0.39, 0.29) is 28.7 Å². The van der Waals surface area contributed by atoms with Gasteiger partial charge in [-0.15, -0.1) is 0 Å². The molecule has 0 spiro atoms. The molecule has 0 amide bonds. The first-order valence-corrected chi connectivity index (χ1v) is 8.14. The number of esters is 1. The zero-order valence-electron chi connectivity index (χ0n) is 13.5. The Morgan fingerprint density at radius 2 is 2.10 bits per heavy atom. The van der Waals surface area contributed by atoms with Gasteiger partial charge in [0.1, 0.15) is 5.92 Å². The highest BCUT2D eigenvalue weighted by Gasteiger charge is 2.61. The third-order valence-electron chi connectivity index (χ3n) is 6.16. The molecule has 21 heavy (non-hydrogen) atoms. The molecule has 3 rings (SSSR count). The maximum absolute atomic E-state index is 12.9. The highest BCUT2D eigenvalue weighted by molar-refractivity contribution is 6.02. The Morgan fingerprint density at radius 1 is 1.38 bits per heavy atom. The Balaban J connectivity index is 1.94. The summed E-state index contributed by atoms with van der Waals surface area (Å²) in [5.74, 6) is -0.184. The van der Waals surface area contributed by atoms with Gasteiger partial charge in [-0.1, -0.05) is 6.92 Å². The Labute approximate surface area is 126 Å². The summed E-state index contributed by atoms with van der Waals surface area (Å²) in [6.45, 7) is 8.95. The van der Waals surface area contributed by atoms with Gasteiger partial charge in [0.25, 0.3) is 0 Å². The molecule has 1 unspecified atom stereocenters. The van der Waals surface area contributed by atoms with Gasteiger partial charge in [-0.05, 0) is 57.3 Å². The molecule has 2 saturated carbocycles. The van der Waals surface area contributed by atoms with Gasteiger partial charge in [-0.3, -0.25) is 9.59 Å². The Morgan fingerprint density at radius 3 is 2.76 bits per heavy atom. The normalized spacial score (nSPS) is 44.3. The van der Waals surface area contributed by atoms with Crippen molar-refractivity contribution in [1.29, 1.82) is 0 Å². The summed E-state index contributed by atoms with van der Waals surface area (Å²) in [5, 5.41) is 0. The van der Waals surface area contributed by atoms with Crippen molar-refractivity contribution in [2.24, 2.45) is 29.1 Å². The number of fused-ring (bicyclic) bond motifs is 1. The first kappa shape index (κ1) is 15.0. The molecule has 1 saturated heterocycles. The fraction of sp³-hybridized carbons (Fsp3) is 0.882. The van der Waals surface area contributed by atoms with Gasteiger partial charge in [-0.25, -0.2) is 0 Å². The van der Waals surface area contributed by atoms with Crippen LogP contribution in [-0.4, -0.2) is 30.6 Å². The molecular formula is C17H26O4. The zero-order chi connectivity index (χ0) is 15.4. The molecule has 1 aliphatic heterocycles. The molecule has 4 heteroatoms. The predicted octanol–water partition coefficient (Wildman–Crippen LogP) is 2.60. The molecule has 2 aliphatic carbocycles. The molecule has 2 bridgehead atoms. The van der Waals surface area contributed by atoms with Gasteiger partial charge >= 0.3 is 5.97 Å². The van der Waals surface area contributed by atoms with Gasteiger partial charge in [0.05, 0.1) is 18.8 Å². The highest BCUT2D eigenvalue weighted by Crippen LogP contribution is 2.59. The number of Topliss-reactive ketones (excluding diaryl/α,β-unsaturated/α-hetero) is 1. The molecule has 0 aromatic rings. The third-order valence-corrected chi connectivity index (χ3v) is 6.16. The molecule has 118 valence electrons. The van der Waals surface area contributed by atoms with E-state index in [0.717, 1.165) is 19.3 Å². The van der Waals surface area contributed by atoms with E-state index in [4.69, 9.17) is 9.47 Å². The lowest BCUT2D eigenvalue weighted by Gasteiger charge is -2.58. The summed E-state index contributed by atoms with van der Waals surface area (Å²) in [4.78, 5) is 25.2. The SMILES string of the molecule is CCOC(=O)C1C(=O)[C@@H]2COC(C)(C)[C@@H]3CC[C@@]1(C)C[C@@H]32. The minimum absolute atomic E-state index is 0.0624. The second-order valence-electron chi connectivity index (χ2n) is 7.78. The second-order valence-corrected chi connectivity index (χ2v) is 7.78. The number of hydrogen-bond acceptors (Lipinski definition) is 4. The van der Waals surface area contributed by atoms with E-state index in [1.807, 2.05) is 0 Å². The monoisotopic (exact) mass is 294 g/mol. The summed E-state index contributed by atoms with van der Waals surface area (Å²) in [6.07, 6.45) is 2.89. The lowest BCUT2D eigenvalue weighted by Crippen LogP contribution is -2.62. The quantitative estimate of drug-likeness (QED) is 0.580. The smallest absolute Gasteiger partial charge is 0.317 e. The van der Waals surface area contributed by atoms with Crippen LogP contribution >= 0.6 is 0 Å². The molecule has 0 radical (unpaired) electrons. The minimum Gasteiger partial charge on any atom is -0.465 e. The fourth-order valence-corrected chi connectivity index (χ4v) is 5.04. The maximum Gasteiger partial charge on any atom is 0.317 e. The van der Waals surface area contributed by atoms with E-state index in [2.05, 4.69) is 20.8 Å². The second kappa shape index (κ2) is 4.80. The number of carbonyl (C=O) groups excluding carboxylic acids is 2. The Bertz CT molecular complexity index is 469. The molecule has 0 aromatic carbocycles. The van der Waals surface area contributed by atoms with Crippen LogP contribution in [0.1, 0.15) is 47.0 Å². The lowest BCUT2D eigenvalue weighted by molar-refractivity contribution is -0.204. The summed E-state index contributed by atoms with van der Waals surface area (Å²) >= 11 is 0. The standard InChI is InChI=1S/C17H26O4/c1-5-20-15(19)13-14(18)11-9-21-16(2,3)12-6-7-17(13,4)8-10(11)12/h10-13H,5-9H2,1-4H3/t10-,11-,12-,13?,17+/m1/s1. The summed E-state index contributed by atoms with van der Waals surface area (Å²) in [6, 6.07) is 0. The number of ketones is 1. The van der Waals surface area contributed by atoms with E-state index >= 15 is 0 Å². The van der Waals surface area contributed by atoms with E-state index in [1.165, 1.54) is 0 Å². The van der Waals surface area contributed by atoms with Crippen molar-refractivity contribution >= 4 is 11.8 Å². The molecule has 3 fully saturated rings. The van der Waals surface area contributed by atoms with Crippen LogP contribution in [0.2, 0.25) is 0 Å². The number of ether oxygens (including phenoxy) is 2. The van der Waals surface area contributed by atoms with Crippen molar-refractivity contribution in [2.75, 3.05) is 13.2 Å². The summed E-state index contributed by atoms with van der Waals surface area (Å²) in [7, 11) is 0. The average molecular weight is 294 g/mol. The molecule has 3 aliphatic rings. The van der Waals surface area contributed by atoms with E-state index in [0.29, 0.717) is 25.0 Å². The van der Waals surface area contributed by atoms with Crippen LogP contribution < -0.4 is 0 Å². The van der Waals surface area contributed by atoms with Crippen LogP contribution in [0.3, 0.4) is 0 Å². The van der Waals surface area contributed by atoms with Crippen molar-refractivity contribution < 1.29 is 19.1 Å². The zero-order valence-corrected chi connectivity index (χ0v) is 13.5. The molecule has 0 aromatic heterocycles. The molecule has 4 nitrogen and oxygen atoms in total. The van der Waals surface area contributed by atoms with Crippen LogP contribution in [0.4, 0.5) is 0 Å². The van der Waals surface area contributed by atoms with Crippen LogP contribution in [-0.2, 0) is 19.1 Å². The highest BCUT2D eigenvalue weighted by atomic mass is 16.5. The average Bonchev–Trinajstić information content (AvgIpc) is 2.37. The van der Waals surface area contributed by atoms with E-state index < -0.39 is 5.92 Å². The summed E-state index contributed by atoms with van der Waals surface area (Å²) < 4.78 is 11.2. The van der Waals surface area contributed by atoms with Crippen molar-refractivity contribution in [3.63, 3.8) is 0 Å². The first-order chi connectivity index (χ1) is 9.80. The number of carbonyl (C=O) groups is 2. The van der Waals surface area contributed by atoms with Crippen molar-refractivity contribution in [3.8, 4) is 0 Å². The van der Waals surface area contributed by atoms with Crippen molar-refractivity contribution in [2.45, 2.75) is 52.6 Å². The topological polar surface area (TPSA) is 52.6 Å². The van der Waals surface area contributed by atoms with Gasteiger partial charge in [-0.2, -0.15) is 0 Å². The minimum atomic E-state index is -0.593. The first-order valence-electron chi connectivity index (χ1n) is 8.14. The molecule has 0 N–H and O–H groups in total. The van der Waals surface area contributed by atoms with Gasteiger partial charge < -0.3 is 9.47 Å². The van der Waals surface area contributed by atoms with Crippen molar-refractivity contribution in [1.82, 2.24) is 0 Å². The van der Waals surface area contributed by atoms with Crippen LogP contribution in [0.5, 0.6) is 0 Å². The third kappa shape index (κ3) is 2.14. The van der Waals surface area contributed by atoms with E-state index in [1.54, 1.807) is 6.92 Å². The van der Waals surface area contributed by atoms with Crippen LogP contribution in [0.25, 0.3) is 0 Å². The lowest BCUT2D eigenvalue weighted by atomic mass is 9.48. The Hall–Kier alpha value is -0.900. The van der Waals surface area contributed by atoms with Gasteiger partial charge in [0.15, 0.2) is 5.78 Å². The molecule has 5 atom stereocenters. The Kier molecular flexibility index (Phi) is 3.43. The summed E-state index contributed by atoms with van der Waals surface area (Å²) in [5.41, 5.74) is -0.381. The van der Waals surface area contributed by atoms with Crippen LogP contribution in [0.15, 0.2) is 0 Å².